The van der Waals surface area contributed by atoms with Crippen LogP contribution in [0.5, 0.6) is 0 Å². The van der Waals surface area contributed by atoms with Crippen LogP contribution in [-0.2, 0) is 0 Å². The van der Waals surface area contributed by atoms with Crippen LogP contribution >= 0.6 is 0 Å². The molecule has 3 heterocycles. The van der Waals surface area contributed by atoms with Crippen LogP contribution in [0, 0.1) is 12.8 Å². The SMILES string of the molecule is Cc1ccc(-n2cc(-c3ccccc3)c3c(N4CCC(C)CC4)ncnc32)cc1. The minimum atomic E-state index is 0.786. The lowest BCUT2D eigenvalue weighted by Gasteiger charge is -2.31. The Kier molecular flexibility index (Phi) is 4.55. The molecule has 146 valence electrons. The Balaban J connectivity index is 1.74. The van der Waals surface area contributed by atoms with Crippen LogP contribution in [-0.4, -0.2) is 27.6 Å². The molecule has 5 rings (SSSR count). The van der Waals surface area contributed by atoms with E-state index in [1.807, 2.05) is 0 Å². The predicted octanol–water partition coefficient (Wildman–Crippen LogP) is 5.63. The molecule has 0 bridgehead atoms. The average molecular weight is 383 g/mol. The van der Waals surface area contributed by atoms with E-state index in [1.54, 1.807) is 6.33 Å². The highest BCUT2D eigenvalue weighted by atomic mass is 15.2. The molecule has 0 amide bonds. The Morgan fingerprint density at radius 2 is 1.62 bits per heavy atom. The highest BCUT2D eigenvalue weighted by Gasteiger charge is 2.23. The number of aromatic nitrogens is 3. The summed E-state index contributed by atoms with van der Waals surface area (Å²) in [5.41, 5.74) is 5.74. The van der Waals surface area contributed by atoms with Crippen molar-refractivity contribution in [2.24, 2.45) is 5.92 Å². The molecule has 2 aromatic carbocycles. The van der Waals surface area contributed by atoms with E-state index >= 15 is 0 Å². The first-order chi connectivity index (χ1) is 14.2. The molecule has 0 radical (unpaired) electrons. The number of benzene rings is 2. The Bertz CT molecular complexity index is 1120. The van der Waals surface area contributed by atoms with Gasteiger partial charge in [0.05, 0.1) is 5.39 Å². The van der Waals surface area contributed by atoms with Crippen molar-refractivity contribution >= 4 is 16.9 Å². The molecule has 2 aromatic heterocycles. The third-order valence-electron chi connectivity index (χ3n) is 6.04. The number of hydrogen-bond acceptors (Lipinski definition) is 3. The van der Waals surface area contributed by atoms with Crippen LogP contribution in [0.2, 0.25) is 0 Å². The fraction of sp³-hybridized carbons (Fsp3) is 0.280. The van der Waals surface area contributed by atoms with Gasteiger partial charge in [0.2, 0.25) is 0 Å². The van der Waals surface area contributed by atoms with Crippen molar-refractivity contribution in [3.8, 4) is 16.8 Å². The molecule has 0 spiro atoms. The standard InChI is InChI=1S/C25H26N4/c1-18-8-10-21(11-9-18)29-16-22(20-6-4-3-5-7-20)23-24(26-17-27-25(23)29)28-14-12-19(2)13-15-28/h3-11,16-17,19H,12-15H2,1-2H3. The van der Waals surface area contributed by atoms with E-state index in [9.17, 15) is 0 Å². The second-order valence-electron chi connectivity index (χ2n) is 8.18. The van der Waals surface area contributed by atoms with Crippen LogP contribution in [0.25, 0.3) is 27.8 Å². The lowest BCUT2D eigenvalue weighted by molar-refractivity contribution is 0.437. The minimum absolute atomic E-state index is 0.786. The largest absolute Gasteiger partial charge is 0.356 e. The van der Waals surface area contributed by atoms with Gasteiger partial charge in [0.25, 0.3) is 0 Å². The summed E-state index contributed by atoms with van der Waals surface area (Å²) in [5, 5.41) is 1.15. The molecule has 0 atom stereocenters. The molecule has 4 aromatic rings. The van der Waals surface area contributed by atoms with E-state index < -0.39 is 0 Å². The second kappa shape index (κ2) is 7.36. The molecule has 0 saturated carbocycles. The van der Waals surface area contributed by atoms with E-state index in [1.165, 1.54) is 29.5 Å². The molecule has 0 aliphatic carbocycles. The highest BCUT2D eigenvalue weighted by molar-refractivity contribution is 6.02. The van der Waals surface area contributed by atoms with Gasteiger partial charge in [-0.25, -0.2) is 9.97 Å². The van der Waals surface area contributed by atoms with Gasteiger partial charge < -0.3 is 9.47 Å². The molecular weight excluding hydrogens is 356 g/mol. The lowest BCUT2D eigenvalue weighted by Crippen LogP contribution is -2.33. The minimum Gasteiger partial charge on any atom is -0.356 e. The summed E-state index contributed by atoms with van der Waals surface area (Å²) in [6.45, 7) is 6.56. The number of fused-ring (bicyclic) bond motifs is 1. The van der Waals surface area contributed by atoms with Crippen molar-refractivity contribution in [2.45, 2.75) is 26.7 Å². The number of piperidine rings is 1. The normalized spacial score (nSPS) is 15.2. The number of aryl methyl sites for hydroxylation is 1. The van der Waals surface area contributed by atoms with Crippen molar-refractivity contribution in [3.63, 3.8) is 0 Å². The number of anilines is 1. The summed E-state index contributed by atoms with van der Waals surface area (Å²) in [5.74, 6) is 1.85. The summed E-state index contributed by atoms with van der Waals surface area (Å²) < 4.78 is 2.20. The van der Waals surface area contributed by atoms with E-state index in [0.29, 0.717) is 0 Å². The van der Waals surface area contributed by atoms with Gasteiger partial charge in [0.15, 0.2) is 5.65 Å². The monoisotopic (exact) mass is 382 g/mol. The van der Waals surface area contributed by atoms with Crippen molar-refractivity contribution < 1.29 is 0 Å². The molecule has 4 nitrogen and oxygen atoms in total. The van der Waals surface area contributed by atoms with E-state index in [4.69, 9.17) is 9.97 Å². The van der Waals surface area contributed by atoms with Gasteiger partial charge >= 0.3 is 0 Å². The van der Waals surface area contributed by atoms with Gasteiger partial charge in [-0.3, -0.25) is 0 Å². The van der Waals surface area contributed by atoms with Crippen LogP contribution in [0.15, 0.2) is 67.1 Å². The zero-order chi connectivity index (χ0) is 19.8. The topological polar surface area (TPSA) is 34.0 Å². The lowest BCUT2D eigenvalue weighted by atomic mass is 9.98. The van der Waals surface area contributed by atoms with E-state index in [-0.39, 0.29) is 0 Å². The van der Waals surface area contributed by atoms with Crippen LogP contribution < -0.4 is 4.90 Å². The van der Waals surface area contributed by atoms with Crippen LogP contribution in [0.3, 0.4) is 0 Å². The van der Waals surface area contributed by atoms with Crippen molar-refractivity contribution in [1.29, 1.82) is 0 Å². The molecule has 1 fully saturated rings. The van der Waals surface area contributed by atoms with E-state index in [0.717, 1.165) is 41.5 Å². The Hall–Kier alpha value is -3.14. The molecule has 0 N–H and O–H groups in total. The van der Waals surface area contributed by atoms with Gasteiger partial charge in [0.1, 0.15) is 12.1 Å². The van der Waals surface area contributed by atoms with Crippen LogP contribution in [0.4, 0.5) is 5.82 Å². The summed E-state index contributed by atoms with van der Waals surface area (Å²) in [4.78, 5) is 11.9. The summed E-state index contributed by atoms with van der Waals surface area (Å²) in [7, 11) is 0. The van der Waals surface area contributed by atoms with Gasteiger partial charge in [-0.05, 0) is 43.4 Å². The third-order valence-corrected chi connectivity index (χ3v) is 6.04. The predicted molar refractivity (Wildman–Crippen MR) is 120 cm³/mol. The quantitative estimate of drug-likeness (QED) is 0.460. The Morgan fingerprint density at radius 1 is 0.897 bits per heavy atom. The van der Waals surface area contributed by atoms with Gasteiger partial charge in [0, 0.05) is 30.5 Å². The van der Waals surface area contributed by atoms with Crippen molar-refractivity contribution in [3.05, 3.63) is 72.7 Å². The van der Waals surface area contributed by atoms with Gasteiger partial charge in [-0.15, -0.1) is 0 Å². The third kappa shape index (κ3) is 3.29. The first kappa shape index (κ1) is 17.9. The molecule has 1 saturated heterocycles. The average Bonchev–Trinajstić information content (AvgIpc) is 3.15. The zero-order valence-corrected chi connectivity index (χ0v) is 17.0. The number of hydrogen-bond donors (Lipinski definition) is 0. The summed E-state index contributed by atoms with van der Waals surface area (Å²) >= 11 is 0. The van der Waals surface area contributed by atoms with E-state index in [2.05, 4.69) is 84.1 Å². The second-order valence-corrected chi connectivity index (χ2v) is 8.18. The fourth-order valence-corrected chi connectivity index (χ4v) is 4.24. The van der Waals surface area contributed by atoms with Gasteiger partial charge in [-0.1, -0.05) is 55.0 Å². The molecule has 29 heavy (non-hydrogen) atoms. The van der Waals surface area contributed by atoms with Crippen LogP contribution in [0.1, 0.15) is 25.3 Å². The van der Waals surface area contributed by atoms with Gasteiger partial charge in [-0.2, -0.15) is 0 Å². The smallest absolute Gasteiger partial charge is 0.150 e. The molecule has 1 aliphatic rings. The summed E-state index contributed by atoms with van der Waals surface area (Å²) in [6.07, 6.45) is 6.36. The molecule has 0 unspecified atom stereocenters. The maximum Gasteiger partial charge on any atom is 0.150 e. The Labute approximate surface area is 171 Å². The van der Waals surface area contributed by atoms with Crippen molar-refractivity contribution in [2.75, 3.05) is 18.0 Å². The maximum absolute atomic E-state index is 4.76. The maximum atomic E-state index is 4.76. The molecule has 4 heteroatoms. The first-order valence-electron chi connectivity index (χ1n) is 10.4. The zero-order valence-electron chi connectivity index (χ0n) is 17.0. The molecular formula is C25H26N4. The summed E-state index contributed by atoms with van der Waals surface area (Å²) in [6, 6.07) is 19.2. The fourth-order valence-electron chi connectivity index (χ4n) is 4.24. The Morgan fingerprint density at radius 3 is 2.34 bits per heavy atom. The first-order valence-corrected chi connectivity index (χ1v) is 10.4. The number of rotatable bonds is 3. The molecule has 1 aliphatic heterocycles. The highest BCUT2D eigenvalue weighted by Crippen LogP contribution is 2.37. The van der Waals surface area contributed by atoms with Crippen molar-refractivity contribution in [1.82, 2.24) is 14.5 Å². The number of nitrogens with zero attached hydrogens (tertiary/aromatic N) is 4.